The molecule has 0 aromatic carbocycles. The van der Waals surface area contributed by atoms with Crippen molar-refractivity contribution in [2.24, 2.45) is 11.7 Å². The Morgan fingerprint density at radius 3 is 2.33 bits per heavy atom. The Morgan fingerprint density at radius 2 is 1.81 bits per heavy atom. The molecule has 0 aliphatic carbocycles. The number of hydrogen-bond acceptors (Lipinski definition) is 4. The Morgan fingerprint density at radius 1 is 1.19 bits per heavy atom. The second-order valence-electron chi connectivity index (χ2n) is 5.97. The van der Waals surface area contributed by atoms with Gasteiger partial charge in [-0.15, -0.1) is 12.4 Å². The van der Waals surface area contributed by atoms with Gasteiger partial charge in [-0.05, 0) is 31.6 Å². The van der Waals surface area contributed by atoms with E-state index < -0.39 is 10.2 Å². The number of rotatable bonds is 4. The van der Waals surface area contributed by atoms with Crippen LogP contribution in [0.2, 0.25) is 0 Å². The Labute approximate surface area is 134 Å². The van der Waals surface area contributed by atoms with Gasteiger partial charge >= 0.3 is 0 Å². The first-order valence-electron chi connectivity index (χ1n) is 7.48. The molecule has 2 rings (SSSR count). The van der Waals surface area contributed by atoms with Crippen molar-refractivity contribution in [1.29, 1.82) is 0 Å². The van der Waals surface area contributed by atoms with E-state index in [0.717, 1.165) is 19.3 Å². The zero-order chi connectivity index (χ0) is 14.8. The van der Waals surface area contributed by atoms with Crippen LogP contribution in [0.15, 0.2) is 0 Å². The molecule has 0 saturated carbocycles. The third-order valence-electron chi connectivity index (χ3n) is 4.58. The summed E-state index contributed by atoms with van der Waals surface area (Å²) in [5.41, 5.74) is 5.78. The van der Waals surface area contributed by atoms with Gasteiger partial charge in [0, 0.05) is 39.3 Å². The largest absolute Gasteiger partial charge is 0.381 e. The summed E-state index contributed by atoms with van der Waals surface area (Å²) in [4.78, 5) is 0. The van der Waals surface area contributed by atoms with E-state index in [1.807, 2.05) is 0 Å². The van der Waals surface area contributed by atoms with Crippen LogP contribution in [-0.4, -0.2) is 62.5 Å². The van der Waals surface area contributed by atoms with Gasteiger partial charge in [-0.2, -0.15) is 17.0 Å². The average Bonchev–Trinajstić information content (AvgIpc) is 2.46. The molecule has 2 aliphatic heterocycles. The van der Waals surface area contributed by atoms with E-state index in [4.69, 9.17) is 10.5 Å². The van der Waals surface area contributed by atoms with Crippen molar-refractivity contribution in [3.8, 4) is 0 Å². The zero-order valence-electron chi connectivity index (χ0n) is 12.9. The quantitative estimate of drug-likeness (QED) is 0.821. The second kappa shape index (κ2) is 8.08. The highest BCUT2D eigenvalue weighted by Crippen LogP contribution is 2.26. The van der Waals surface area contributed by atoms with Crippen molar-refractivity contribution in [2.45, 2.75) is 44.8 Å². The Kier molecular flexibility index (Phi) is 7.36. The standard InChI is InChI=1S/C13H27N3O3S.ClH/c1-11-3-6-15(7-4-11)20(17,18)16-8-5-13(19-2)9-12(16)10-14;/h11-13H,3-10,14H2,1-2H3;1H. The minimum Gasteiger partial charge on any atom is -0.381 e. The van der Waals surface area contributed by atoms with Crippen molar-refractivity contribution < 1.29 is 13.2 Å². The smallest absolute Gasteiger partial charge is 0.282 e. The summed E-state index contributed by atoms with van der Waals surface area (Å²) < 4.78 is 34.1. The van der Waals surface area contributed by atoms with E-state index >= 15 is 0 Å². The SMILES string of the molecule is COC1CCN(S(=O)(=O)N2CCC(C)CC2)C(CN)C1.Cl. The van der Waals surface area contributed by atoms with E-state index in [9.17, 15) is 8.42 Å². The Bertz CT molecular complexity index is 413. The normalized spacial score (nSPS) is 30.0. The Hall–Kier alpha value is 0.0800. The van der Waals surface area contributed by atoms with E-state index in [0.29, 0.717) is 38.5 Å². The summed E-state index contributed by atoms with van der Waals surface area (Å²) in [7, 11) is -1.70. The van der Waals surface area contributed by atoms with Crippen molar-refractivity contribution >= 4 is 22.6 Å². The lowest BCUT2D eigenvalue weighted by Gasteiger charge is -2.41. The van der Waals surface area contributed by atoms with Gasteiger partial charge in [-0.25, -0.2) is 0 Å². The molecule has 2 atom stereocenters. The molecule has 0 radical (unpaired) electrons. The maximum atomic E-state index is 12.8. The fraction of sp³-hybridized carbons (Fsp3) is 1.00. The summed E-state index contributed by atoms with van der Waals surface area (Å²) in [6, 6.07) is -0.141. The molecule has 6 nitrogen and oxygen atoms in total. The lowest BCUT2D eigenvalue weighted by atomic mass is 10.0. The van der Waals surface area contributed by atoms with Gasteiger partial charge in [0.25, 0.3) is 10.2 Å². The topological polar surface area (TPSA) is 75.9 Å². The summed E-state index contributed by atoms with van der Waals surface area (Å²) in [5, 5.41) is 0. The van der Waals surface area contributed by atoms with Crippen LogP contribution < -0.4 is 5.73 Å². The predicted molar refractivity (Wildman–Crippen MR) is 85.7 cm³/mol. The second-order valence-corrected chi connectivity index (χ2v) is 7.85. The van der Waals surface area contributed by atoms with Crippen LogP contribution in [0, 0.1) is 5.92 Å². The van der Waals surface area contributed by atoms with Crippen LogP contribution in [-0.2, 0) is 14.9 Å². The molecule has 0 aromatic heterocycles. The highest BCUT2D eigenvalue weighted by Gasteiger charge is 2.39. The molecular formula is C13H28ClN3O3S. The molecule has 0 bridgehead atoms. The number of nitrogens with zero attached hydrogens (tertiary/aromatic N) is 2. The molecule has 0 spiro atoms. The van der Waals surface area contributed by atoms with Gasteiger partial charge in [0.05, 0.1) is 6.10 Å². The van der Waals surface area contributed by atoms with Crippen molar-refractivity contribution in [2.75, 3.05) is 33.3 Å². The number of ether oxygens (including phenoxy) is 1. The first-order valence-corrected chi connectivity index (χ1v) is 8.88. The first-order chi connectivity index (χ1) is 9.48. The monoisotopic (exact) mass is 341 g/mol. The molecule has 2 unspecified atom stereocenters. The summed E-state index contributed by atoms with van der Waals surface area (Å²) in [6.07, 6.45) is 3.45. The van der Waals surface area contributed by atoms with E-state index in [1.54, 1.807) is 15.7 Å². The molecule has 126 valence electrons. The number of hydrogen-bond donors (Lipinski definition) is 1. The summed E-state index contributed by atoms with van der Waals surface area (Å²) in [5.74, 6) is 0.617. The third-order valence-corrected chi connectivity index (χ3v) is 6.68. The van der Waals surface area contributed by atoms with Crippen LogP contribution in [0.3, 0.4) is 0 Å². The molecule has 2 heterocycles. The van der Waals surface area contributed by atoms with Crippen molar-refractivity contribution in [3.63, 3.8) is 0 Å². The van der Waals surface area contributed by atoms with Gasteiger partial charge in [-0.1, -0.05) is 6.92 Å². The first kappa shape index (κ1) is 19.1. The minimum absolute atomic E-state index is 0. The van der Waals surface area contributed by atoms with Crippen LogP contribution in [0.5, 0.6) is 0 Å². The molecule has 2 saturated heterocycles. The number of halogens is 1. The molecular weight excluding hydrogens is 314 g/mol. The van der Waals surface area contributed by atoms with Gasteiger partial charge < -0.3 is 10.5 Å². The average molecular weight is 342 g/mol. The van der Waals surface area contributed by atoms with Gasteiger partial charge in [-0.3, -0.25) is 0 Å². The van der Waals surface area contributed by atoms with Crippen LogP contribution in [0.4, 0.5) is 0 Å². The third kappa shape index (κ3) is 4.30. The summed E-state index contributed by atoms with van der Waals surface area (Å²) >= 11 is 0. The highest BCUT2D eigenvalue weighted by molar-refractivity contribution is 7.86. The molecule has 2 aliphatic rings. The van der Waals surface area contributed by atoms with Crippen molar-refractivity contribution in [1.82, 2.24) is 8.61 Å². The predicted octanol–water partition coefficient (Wildman–Crippen LogP) is 0.823. The zero-order valence-corrected chi connectivity index (χ0v) is 14.5. The minimum atomic E-state index is -3.37. The van der Waals surface area contributed by atoms with Gasteiger partial charge in [0.2, 0.25) is 0 Å². The number of nitrogens with two attached hydrogens (primary N) is 1. The van der Waals surface area contributed by atoms with Gasteiger partial charge in [0.15, 0.2) is 0 Å². The molecule has 2 fully saturated rings. The fourth-order valence-electron chi connectivity index (χ4n) is 3.09. The van der Waals surface area contributed by atoms with Crippen molar-refractivity contribution in [3.05, 3.63) is 0 Å². The van der Waals surface area contributed by atoms with Gasteiger partial charge in [0.1, 0.15) is 0 Å². The van der Waals surface area contributed by atoms with Crippen LogP contribution in [0.25, 0.3) is 0 Å². The molecule has 0 aromatic rings. The van der Waals surface area contributed by atoms with E-state index in [2.05, 4.69) is 6.92 Å². The van der Waals surface area contributed by atoms with E-state index in [1.165, 1.54) is 0 Å². The number of piperidine rings is 2. The van der Waals surface area contributed by atoms with E-state index in [-0.39, 0.29) is 24.6 Å². The van der Waals surface area contributed by atoms with Crippen LogP contribution >= 0.6 is 12.4 Å². The Balaban J connectivity index is 0.00000220. The maximum absolute atomic E-state index is 12.8. The number of methoxy groups -OCH3 is 1. The lowest BCUT2D eigenvalue weighted by molar-refractivity contribution is 0.0380. The molecule has 0 amide bonds. The fourth-order valence-corrected chi connectivity index (χ4v) is 4.94. The maximum Gasteiger partial charge on any atom is 0.282 e. The summed E-state index contributed by atoms with van der Waals surface area (Å²) in [6.45, 7) is 4.30. The van der Waals surface area contributed by atoms with Crippen LogP contribution in [0.1, 0.15) is 32.6 Å². The highest BCUT2D eigenvalue weighted by atomic mass is 35.5. The molecule has 8 heteroatoms. The molecule has 21 heavy (non-hydrogen) atoms. The lowest BCUT2D eigenvalue weighted by Crippen LogP contribution is -2.56. The molecule has 2 N–H and O–H groups in total.